The molecule has 150 valence electrons. The number of anilines is 2. The van der Waals surface area contributed by atoms with Crippen LogP contribution in [0.15, 0.2) is 18.3 Å². The molecule has 1 aliphatic carbocycles. The third kappa shape index (κ3) is 4.63. The second-order valence-electron chi connectivity index (χ2n) is 7.00. The Balaban J connectivity index is 1.80. The van der Waals surface area contributed by atoms with Gasteiger partial charge in [0, 0.05) is 24.3 Å². The van der Waals surface area contributed by atoms with Crippen molar-refractivity contribution in [3.63, 3.8) is 0 Å². The van der Waals surface area contributed by atoms with Crippen LogP contribution in [0.25, 0.3) is 0 Å². The summed E-state index contributed by atoms with van der Waals surface area (Å²) >= 11 is 0. The lowest BCUT2D eigenvalue weighted by Gasteiger charge is -2.25. The summed E-state index contributed by atoms with van der Waals surface area (Å²) in [4.78, 5) is 23.6. The van der Waals surface area contributed by atoms with Crippen molar-refractivity contribution >= 4 is 17.5 Å². The van der Waals surface area contributed by atoms with Crippen LogP contribution in [-0.2, 0) is 13.0 Å². The number of nitro groups is 1. The van der Waals surface area contributed by atoms with E-state index < -0.39 is 4.92 Å². The van der Waals surface area contributed by atoms with E-state index in [2.05, 4.69) is 20.3 Å². The quantitative estimate of drug-likeness (QED) is 0.478. The third-order valence-electron chi connectivity index (χ3n) is 5.02. The molecule has 10 nitrogen and oxygen atoms in total. The monoisotopic (exact) mass is 387 g/mol. The van der Waals surface area contributed by atoms with Gasteiger partial charge in [-0.1, -0.05) is 6.07 Å². The summed E-state index contributed by atoms with van der Waals surface area (Å²) in [6, 6.07) is 3.87. The van der Waals surface area contributed by atoms with Crippen molar-refractivity contribution in [2.45, 2.75) is 44.7 Å². The van der Waals surface area contributed by atoms with Gasteiger partial charge < -0.3 is 21.5 Å². The van der Waals surface area contributed by atoms with E-state index in [1.807, 2.05) is 6.07 Å². The lowest BCUT2D eigenvalue weighted by Crippen LogP contribution is -2.27. The van der Waals surface area contributed by atoms with Crippen LogP contribution in [0.5, 0.6) is 5.88 Å². The van der Waals surface area contributed by atoms with Crippen molar-refractivity contribution in [2.75, 3.05) is 18.2 Å². The molecule has 0 unspecified atom stereocenters. The number of aromatic nitrogens is 3. The zero-order chi connectivity index (χ0) is 20.1. The van der Waals surface area contributed by atoms with Gasteiger partial charge in [0.2, 0.25) is 17.6 Å². The fraction of sp³-hybridized carbons (Fsp3) is 0.500. The SMILES string of the molecule is COc1ncccc1CNc1nc(N)c([N+](=O)[O-])c(CC2CCC(N)CC2)n1. The lowest BCUT2D eigenvalue weighted by atomic mass is 9.83. The lowest BCUT2D eigenvalue weighted by molar-refractivity contribution is -0.385. The number of nitrogens with one attached hydrogen (secondary N) is 1. The summed E-state index contributed by atoms with van der Waals surface area (Å²) in [5.41, 5.74) is 12.8. The minimum absolute atomic E-state index is 0.136. The number of rotatable bonds is 7. The molecule has 10 heteroatoms. The minimum atomic E-state index is -0.507. The molecule has 0 aliphatic heterocycles. The highest BCUT2D eigenvalue weighted by Crippen LogP contribution is 2.32. The maximum Gasteiger partial charge on any atom is 0.332 e. The number of nitrogens with zero attached hydrogens (tertiary/aromatic N) is 4. The van der Waals surface area contributed by atoms with Gasteiger partial charge in [0.05, 0.1) is 12.0 Å². The second kappa shape index (κ2) is 8.79. The minimum Gasteiger partial charge on any atom is -0.481 e. The van der Waals surface area contributed by atoms with Crippen LogP contribution >= 0.6 is 0 Å². The molecule has 2 heterocycles. The largest absolute Gasteiger partial charge is 0.481 e. The van der Waals surface area contributed by atoms with Crippen molar-refractivity contribution in [1.29, 1.82) is 0 Å². The Labute approximate surface area is 162 Å². The van der Waals surface area contributed by atoms with Crippen LogP contribution in [0.3, 0.4) is 0 Å². The Morgan fingerprint density at radius 3 is 2.75 bits per heavy atom. The van der Waals surface area contributed by atoms with Gasteiger partial charge in [-0.2, -0.15) is 4.98 Å². The molecular weight excluding hydrogens is 362 g/mol. The fourth-order valence-electron chi connectivity index (χ4n) is 3.52. The summed E-state index contributed by atoms with van der Waals surface area (Å²) in [7, 11) is 1.54. The molecule has 1 fully saturated rings. The van der Waals surface area contributed by atoms with Crippen molar-refractivity contribution in [2.24, 2.45) is 11.7 Å². The molecule has 0 radical (unpaired) electrons. The number of methoxy groups -OCH3 is 1. The Morgan fingerprint density at radius 1 is 1.32 bits per heavy atom. The molecule has 28 heavy (non-hydrogen) atoms. The smallest absolute Gasteiger partial charge is 0.332 e. The fourth-order valence-corrected chi connectivity index (χ4v) is 3.52. The average Bonchev–Trinajstić information content (AvgIpc) is 2.67. The van der Waals surface area contributed by atoms with Gasteiger partial charge in [-0.3, -0.25) is 10.1 Å². The highest BCUT2D eigenvalue weighted by molar-refractivity contribution is 5.58. The summed E-state index contributed by atoms with van der Waals surface area (Å²) in [6.45, 7) is 0.353. The van der Waals surface area contributed by atoms with E-state index in [-0.39, 0.29) is 23.5 Å². The molecule has 0 aromatic carbocycles. The molecule has 0 amide bonds. The number of pyridine rings is 1. The molecule has 0 bridgehead atoms. The molecule has 3 rings (SSSR count). The molecule has 0 spiro atoms. The summed E-state index contributed by atoms with van der Waals surface area (Å²) in [5.74, 6) is 0.905. The van der Waals surface area contributed by atoms with Gasteiger partial charge in [0.15, 0.2) is 0 Å². The summed E-state index contributed by atoms with van der Waals surface area (Å²) in [5, 5.41) is 14.6. The van der Waals surface area contributed by atoms with E-state index in [0.717, 1.165) is 31.2 Å². The number of nitrogen functional groups attached to an aromatic ring is 1. The summed E-state index contributed by atoms with van der Waals surface area (Å²) in [6.07, 6.45) is 5.82. The zero-order valence-corrected chi connectivity index (χ0v) is 15.8. The molecule has 5 N–H and O–H groups in total. The predicted octanol–water partition coefficient (Wildman–Crippen LogP) is 2.04. The summed E-state index contributed by atoms with van der Waals surface area (Å²) < 4.78 is 5.22. The molecule has 0 saturated heterocycles. The predicted molar refractivity (Wildman–Crippen MR) is 105 cm³/mol. The molecule has 1 aliphatic rings. The van der Waals surface area contributed by atoms with Crippen molar-refractivity contribution in [3.8, 4) is 5.88 Å². The van der Waals surface area contributed by atoms with E-state index in [1.54, 1.807) is 19.4 Å². The third-order valence-corrected chi connectivity index (χ3v) is 5.02. The Bertz CT molecular complexity index is 838. The van der Waals surface area contributed by atoms with Crippen LogP contribution in [0.1, 0.15) is 36.9 Å². The first-order chi connectivity index (χ1) is 13.5. The normalized spacial score (nSPS) is 19.2. The van der Waals surface area contributed by atoms with E-state index in [1.165, 1.54) is 0 Å². The van der Waals surface area contributed by atoms with Gasteiger partial charge in [-0.15, -0.1) is 0 Å². The van der Waals surface area contributed by atoms with E-state index in [4.69, 9.17) is 16.2 Å². The van der Waals surface area contributed by atoms with Gasteiger partial charge >= 0.3 is 5.69 Å². The Kier molecular flexibility index (Phi) is 6.19. The molecule has 2 aromatic rings. The van der Waals surface area contributed by atoms with Crippen molar-refractivity contribution in [3.05, 3.63) is 39.7 Å². The molecule has 1 saturated carbocycles. The standard InChI is InChI=1S/C18H25N7O3/c1-28-17-12(3-2-8-21-17)10-22-18-23-14(15(25(26)27)16(20)24-18)9-11-4-6-13(19)7-5-11/h2-3,8,11,13H,4-7,9-10,19H2,1H3,(H3,20,22,23,24). The zero-order valence-electron chi connectivity index (χ0n) is 15.8. The average molecular weight is 387 g/mol. The maximum atomic E-state index is 11.5. The first-order valence-electron chi connectivity index (χ1n) is 9.26. The Hall–Kier alpha value is -3.01. The second-order valence-corrected chi connectivity index (χ2v) is 7.00. The van der Waals surface area contributed by atoms with E-state index >= 15 is 0 Å². The van der Waals surface area contributed by atoms with Crippen LogP contribution in [0.2, 0.25) is 0 Å². The van der Waals surface area contributed by atoms with Crippen molar-refractivity contribution < 1.29 is 9.66 Å². The first kappa shape index (κ1) is 19.7. The number of hydrogen-bond acceptors (Lipinski definition) is 9. The first-order valence-corrected chi connectivity index (χ1v) is 9.26. The molecule has 2 aromatic heterocycles. The van der Waals surface area contributed by atoms with Gasteiger partial charge in [-0.25, -0.2) is 9.97 Å². The van der Waals surface area contributed by atoms with Gasteiger partial charge in [-0.05, 0) is 44.1 Å². The van der Waals surface area contributed by atoms with E-state index in [0.29, 0.717) is 30.5 Å². The number of hydrogen-bond donors (Lipinski definition) is 3. The van der Waals surface area contributed by atoms with Gasteiger partial charge in [0.1, 0.15) is 5.69 Å². The number of nitrogens with two attached hydrogens (primary N) is 2. The van der Waals surface area contributed by atoms with Gasteiger partial charge in [0.25, 0.3) is 0 Å². The Morgan fingerprint density at radius 2 is 2.07 bits per heavy atom. The number of ether oxygens (including phenoxy) is 1. The molecular formula is C18H25N7O3. The maximum absolute atomic E-state index is 11.5. The molecule has 0 atom stereocenters. The highest BCUT2D eigenvalue weighted by Gasteiger charge is 2.27. The highest BCUT2D eigenvalue weighted by atomic mass is 16.6. The van der Waals surface area contributed by atoms with Crippen LogP contribution in [-0.4, -0.2) is 33.0 Å². The topological polar surface area (TPSA) is 155 Å². The van der Waals surface area contributed by atoms with E-state index in [9.17, 15) is 10.1 Å². The van der Waals surface area contributed by atoms with Crippen molar-refractivity contribution in [1.82, 2.24) is 15.0 Å². The van der Waals surface area contributed by atoms with Crippen LogP contribution in [0.4, 0.5) is 17.5 Å². The van der Waals surface area contributed by atoms with Crippen LogP contribution in [0, 0.1) is 16.0 Å². The van der Waals surface area contributed by atoms with Crippen LogP contribution < -0.4 is 21.5 Å².